The quantitative estimate of drug-likeness (QED) is 0.802. The summed E-state index contributed by atoms with van der Waals surface area (Å²) in [6.45, 7) is 2.62. The summed E-state index contributed by atoms with van der Waals surface area (Å²) >= 11 is 0. The first kappa shape index (κ1) is 15.1. The van der Waals surface area contributed by atoms with E-state index in [9.17, 15) is 0 Å². The highest BCUT2D eigenvalue weighted by atomic mass is 16.6. The maximum absolute atomic E-state index is 6.12. The highest BCUT2D eigenvalue weighted by molar-refractivity contribution is 5.46. The van der Waals surface area contributed by atoms with Crippen LogP contribution in [0.4, 0.5) is 0 Å². The van der Waals surface area contributed by atoms with Gasteiger partial charge in [0.2, 0.25) is 0 Å². The summed E-state index contributed by atoms with van der Waals surface area (Å²) in [7, 11) is 3.81. The molecule has 0 bridgehead atoms. The van der Waals surface area contributed by atoms with E-state index >= 15 is 0 Å². The fraction of sp³-hybridized carbons (Fsp3) is 0.600. The van der Waals surface area contributed by atoms with E-state index in [-0.39, 0.29) is 6.10 Å². The van der Waals surface area contributed by atoms with Crippen molar-refractivity contribution in [1.82, 2.24) is 4.90 Å². The van der Waals surface area contributed by atoms with Gasteiger partial charge in [0.05, 0.1) is 13.7 Å². The molecule has 2 N–H and O–H groups in total. The SMILES string of the molecule is COc1c(CCON)cccc1OC1CCN(C)CC1. The van der Waals surface area contributed by atoms with Crippen molar-refractivity contribution in [2.75, 3.05) is 33.9 Å². The Balaban J connectivity index is 2.06. The van der Waals surface area contributed by atoms with Gasteiger partial charge in [-0.25, -0.2) is 5.90 Å². The second kappa shape index (κ2) is 7.47. The molecule has 1 aromatic rings. The summed E-state index contributed by atoms with van der Waals surface area (Å²) in [6.07, 6.45) is 3.08. The number of para-hydroxylation sites is 1. The van der Waals surface area contributed by atoms with E-state index in [1.807, 2.05) is 18.2 Å². The number of hydrogen-bond acceptors (Lipinski definition) is 5. The van der Waals surface area contributed by atoms with Gasteiger partial charge < -0.3 is 19.2 Å². The zero-order valence-corrected chi connectivity index (χ0v) is 12.3. The number of hydrogen-bond donors (Lipinski definition) is 1. The molecule has 0 aromatic heterocycles. The fourth-order valence-electron chi connectivity index (χ4n) is 2.53. The normalized spacial score (nSPS) is 17.1. The number of benzene rings is 1. The van der Waals surface area contributed by atoms with Gasteiger partial charge in [-0.15, -0.1) is 0 Å². The van der Waals surface area contributed by atoms with Crippen LogP contribution < -0.4 is 15.4 Å². The summed E-state index contributed by atoms with van der Waals surface area (Å²) in [5.74, 6) is 6.70. The lowest BCUT2D eigenvalue weighted by atomic mass is 10.1. The third kappa shape index (κ3) is 3.85. The van der Waals surface area contributed by atoms with Crippen LogP contribution in [0.5, 0.6) is 11.5 Å². The van der Waals surface area contributed by atoms with Crippen LogP contribution in [0.15, 0.2) is 18.2 Å². The third-order valence-corrected chi connectivity index (χ3v) is 3.71. The Morgan fingerprint density at radius 1 is 1.30 bits per heavy atom. The van der Waals surface area contributed by atoms with Crippen molar-refractivity contribution in [1.29, 1.82) is 0 Å². The molecular formula is C15H24N2O3. The first-order chi connectivity index (χ1) is 9.74. The second-order valence-electron chi connectivity index (χ2n) is 5.19. The summed E-state index contributed by atoms with van der Waals surface area (Å²) in [5, 5.41) is 0. The predicted octanol–water partition coefficient (Wildman–Crippen LogP) is 1.60. The lowest BCUT2D eigenvalue weighted by Crippen LogP contribution is -2.35. The lowest BCUT2D eigenvalue weighted by Gasteiger charge is -2.30. The highest BCUT2D eigenvalue weighted by Crippen LogP contribution is 2.33. The molecule has 0 saturated carbocycles. The van der Waals surface area contributed by atoms with Gasteiger partial charge in [-0.05, 0) is 26.0 Å². The van der Waals surface area contributed by atoms with E-state index < -0.39 is 0 Å². The Labute approximate surface area is 120 Å². The summed E-state index contributed by atoms with van der Waals surface area (Å²) in [6, 6.07) is 5.96. The number of methoxy groups -OCH3 is 1. The van der Waals surface area contributed by atoms with Crippen LogP contribution in [0.2, 0.25) is 0 Å². The van der Waals surface area contributed by atoms with Gasteiger partial charge in [0.15, 0.2) is 11.5 Å². The van der Waals surface area contributed by atoms with Crippen LogP contribution in [-0.4, -0.2) is 44.9 Å². The molecule has 5 heteroatoms. The molecule has 0 atom stereocenters. The van der Waals surface area contributed by atoms with Crippen molar-refractivity contribution in [2.24, 2.45) is 5.90 Å². The van der Waals surface area contributed by atoms with E-state index in [0.717, 1.165) is 43.0 Å². The molecule has 1 heterocycles. The van der Waals surface area contributed by atoms with Gasteiger partial charge in [-0.2, -0.15) is 0 Å². The molecule has 0 spiro atoms. The average Bonchev–Trinajstić information content (AvgIpc) is 2.47. The van der Waals surface area contributed by atoms with Crippen molar-refractivity contribution >= 4 is 0 Å². The van der Waals surface area contributed by atoms with Gasteiger partial charge in [0.1, 0.15) is 6.10 Å². The molecule has 1 saturated heterocycles. The second-order valence-corrected chi connectivity index (χ2v) is 5.19. The minimum Gasteiger partial charge on any atom is -0.493 e. The number of nitrogens with two attached hydrogens (primary N) is 1. The summed E-state index contributed by atoms with van der Waals surface area (Å²) in [4.78, 5) is 6.97. The molecule has 5 nitrogen and oxygen atoms in total. The topological polar surface area (TPSA) is 57.0 Å². The third-order valence-electron chi connectivity index (χ3n) is 3.71. The molecule has 1 fully saturated rings. The monoisotopic (exact) mass is 280 g/mol. The van der Waals surface area contributed by atoms with Gasteiger partial charge in [0.25, 0.3) is 0 Å². The Morgan fingerprint density at radius 3 is 2.70 bits per heavy atom. The zero-order valence-electron chi connectivity index (χ0n) is 12.3. The Hall–Kier alpha value is -1.30. The highest BCUT2D eigenvalue weighted by Gasteiger charge is 2.20. The minimum absolute atomic E-state index is 0.265. The molecule has 0 amide bonds. The Bertz CT molecular complexity index is 418. The van der Waals surface area contributed by atoms with E-state index in [1.165, 1.54) is 0 Å². The molecule has 112 valence electrons. The van der Waals surface area contributed by atoms with E-state index in [0.29, 0.717) is 13.0 Å². The standard InChI is InChI=1S/C15H24N2O3/c1-17-9-6-13(7-10-17)20-14-5-3-4-12(8-11-19-16)15(14)18-2/h3-5,13H,6-11,16H2,1-2H3. The molecule has 1 aliphatic heterocycles. The Morgan fingerprint density at radius 2 is 2.05 bits per heavy atom. The van der Waals surface area contributed by atoms with Crippen LogP contribution in [0.3, 0.4) is 0 Å². The van der Waals surface area contributed by atoms with Crippen molar-refractivity contribution in [3.05, 3.63) is 23.8 Å². The first-order valence-electron chi connectivity index (χ1n) is 7.07. The molecule has 2 rings (SSSR count). The smallest absolute Gasteiger partial charge is 0.164 e. The summed E-state index contributed by atoms with van der Waals surface area (Å²) < 4.78 is 11.6. The van der Waals surface area contributed by atoms with Crippen molar-refractivity contribution in [3.63, 3.8) is 0 Å². The Kier molecular flexibility index (Phi) is 5.64. The van der Waals surface area contributed by atoms with Crippen LogP contribution in [0, 0.1) is 0 Å². The maximum Gasteiger partial charge on any atom is 0.164 e. The molecule has 0 aliphatic carbocycles. The molecule has 1 aromatic carbocycles. The van der Waals surface area contributed by atoms with Gasteiger partial charge in [-0.3, -0.25) is 0 Å². The molecule has 0 unspecified atom stereocenters. The number of likely N-dealkylation sites (tertiary alicyclic amines) is 1. The number of piperidine rings is 1. The van der Waals surface area contributed by atoms with Gasteiger partial charge in [0, 0.05) is 25.1 Å². The van der Waals surface area contributed by atoms with E-state index in [4.69, 9.17) is 15.4 Å². The van der Waals surface area contributed by atoms with Gasteiger partial charge in [-0.1, -0.05) is 12.1 Å². The van der Waals surface area contributed by atoms with Crippen LogP contribution in [-0.2, 0) is 11.3 Å². The van der Waals surface area contributed by atoms with Crippen molar-refractivity contribution in [2.45, 2.75) is 25.4 Å². The maximum atomic E-state index is 6.12. The summed E-state index contributed by atoms with van der Waals surface area (Å²) in [5.41, 5.74) is 1.06. The van der Waals surface area contributed by atoms with Crippen LogP contribution in [0.25, 0.3) is 0 Å². The van der Waals surface area contributed by atoms with E-state index in [2.05, 4.69) is 16.8 Å². The molecule has 0 radical (unpaired) electrons. The van der Waals surface area contributed by atoms with Gasteiger partial charge >= 0.3 is 0 Å². The molecule has 1 aliphatic rings. The minimum atomic E-state index is 0.265. The van der Waals surface area contributed by atoms with Crippen molar-refractivity contribution < 1.29 is 14.3 Å². The lowest BCUT2D eigenvalue weighted by molar-refractivity contribution is 0.110. The van der Waals surface area contributed by atoms with Crippen molar-refractivity contribution in [3.8, 4) is 11.5 Å². The largest absolute Gasteiger partial charge is 0.493 e. The average molecular weight is 280 g/mol. The van der Waals surface area contributed by atoms with Crippen LogP contribution >= 0.6 is 0 Å². The zero-order chi connectivity index (χ0) is 14.4. The van der Waals surface area contributed by atoms with Crippen LogP contribution in [0.1, 0.15) is 18.4 Å². The number of rotatable bonds is 6. The number of ether oxygens (including phenoxy) is 2. The first-order valence-corrected chi connectivity index (χ1v) is 7.07. The predicted molar refractivity (Wildman–Crippen MR) is 78.0 cm³/mol. The fourth-order valence-corrected chi connectivity index (χ4v) is 2.53. The number of nitrogens with zero attached hydrogens (tertiary/aromatic N) is 1. The molecular weight excluding hydrogens is 256 g/mol. The van der Waals surface area contributed by atoms with E-state index in [1.54, 1.807) is 7.11 Å². The molecule has 20 heavy (non-hydrogen) atoms.